The molecule has 20 heavy (non-hydrogen) atoms. The van der Waals surface area contributed by atoms with Gasteiger partial charge in [0.1, 0.15) is 4.90 Å². The highest BCUT2D eigenvalue weighted by Gasteiger charge is 2.21. The fourth-order valence-corrected chi connectivity index (χ4v) is 3.25. The fourth-order valence-electron chi connectivity index (χ4n) is 1.61. The van der Waals surface area contributed by atoms with Crippen molar-refractivity contribution in [3.63, 3.8) is 0 Å². The van der Waals surface area contributed by atoms with Gasteiger partial charge in [0.05, 0.1) is 5.69 Å². The summed E-state index contributed by atoms with van der Waals surface area (Å²) in [5.41, 5.74) is 5.87. The van der Waals surface area contributed by atoms with Gasteiger partial charge >= 0.3 is 0 Å². The van der Waals surface area contributed by atoms with Crippen molar-refractivity contribution in [2.75, 3.05) is 10.5 Å². The van der Waals surface area contributed by atoms with E-state index in [1.807, 2.05) is 6.92 Å². The van der Waals surface area contributed by atoms with E-state index in [0.717, 1.165) is 0 Å². The number of nitrogens with one attached hydrogen (secondary N) is 1. The van der Waals surface area contributed by atoms with Crippen molar-refractivity contribution in [1.82, 2.24) is 9.78 Å². The lowest BCUT2D eigenvalue weighted by Crippen LogP contribution is -2.13. The highest BCUT2D eigenvalue weighted by molar-refractivity contribution is 7.92. The van der Waals surface area contributed by atoms with E-state index in [4.69, 9.17) is 28.9 Å². The Morgan fingerprint density at radius 3 is 2.40 bits per heavy atom. The molecule has 0 spiro atoms. The monoisotopic (exact) mass is 334 g/mol. The molecule has 0 aliphatic carbocycles. The van der Waals surface area contributed by atoms with Crippen LogP contribution in [-0.4, -0.2) is 18.2 Å². The zero-order chi connectivity index (χ0) is 14.9. The first-order valence-electron chi connectivity index (χ1n) is 5.63. The van der Waals surface area contributed by atoms with Gasteiger partial charge in [0.25, 0.3) is 10.0 Å². The van der Waals surface area contributed by atoms with E-state index >= 15 is 0 Å². The molecule has 0 aliphatic rings. The maximum Gasteiger partial charge on any atom is 0.267 e. The van der Waals surface area contributed by atoms with Crippen LogP contribution in [0.4, 0.5) is 11.5 Å². The highest BCUT2D eigenvalue weighted by atomic mass is 35.5. The number of aryl methyl sites for hydroxylation is 1. The van der Waals surface area contributed by atoms with Gasteiger partial charge in [-0.25, -0.2) is 8.42 Å². The second kappa shape index (κ2) is 5.51. The summed E-state index contributed by atoms with van der Waals surface area (Å²) in [4.78, 5) is -0.0875. The van der Waals surface area contributed by atoms with Gasteiger partial charge in [0, 0.05) is 22.8 Å². The lowest BCUT2D eigenvalue weighted by Gasteiger charge is -2.07. The summed E-state index contributed by atoms with van der Waals surface area (Å²) in [6.07, 6.45) is 1.36. The number of halogens is 2. The Morgan fingerprint density at radius 1 is 1.30 bits per heavy atom. The van der Waals surface area contributed by atoms with E-state index in [9.17, 15) is 8.42 Å². The minimum atomic E-state index is -3.84. The number of nitrogen functional groups attached to an aromatic ring is 1. The standard InChI is InChI=1S/C11H12Cl2N4O2S/c1-2-17-6-10(11(14)15-17)20(18,19)16-9-4-7(12)3-8(13)5-9/h3-6,16H,2H2,1H3,(H2,14,15). The lowest BCUT2D eigenvalue weighted by atomic mass is 10.3. The molecule has 0 radical (unpaired) electrons. The summed E-state index contributed by atoms with van der Waals surface area (Å²) in [5, 5.41) is 4.55. The third kappa shape index (κ3) is 3.17. The molecule has 9 heteroatoms. The number of sulfonamides is 1. The first kappa shape index (κ1) is 15.0. The molecule has 0 fully saturated rings. The van der Waals surface area contributed by atoms with Crippen molar-refractivity contribution in [3.8, 4) is 0 Å². The lowest BCUT2D eigenvalue weighted by molar-refractivity contribution is 0.600. The van der Waals surface area contributed by atoms with E-state index < -0.39 is 10.0 Å². The molecule has 0 saturated heterocycles. The average molecular weight is 335 g/mol. The first-order valence-corrected chi connectivity index (χ1v) is 7.87. The van der Waals surface area contributed by atoms with Crippen LogP contribution in [0.25, 0.3) is 0 Å². The van der Waals surface area contributed by atoms with Crippen LogP contribution in [0.15, 0.2) is 29.3 Å². The molecule has 0 bridgehead atoms. The zero-order valence-electron chi connectivity index (χ0n) is 10.5. The Morgan fingerprint density at radius 2 is 1.90 bits per heavy atom. The molecule has 1 heterocycles. The van der Waals surface area contributed by atoms with Crippen LogP contribution in [0.2, 0.25) is 10.0 Å². The Hall–Kier alpha value is -1.44. The molecule has 2 rings (SSSR count). The Labute approximate surface area is 126 Å². The molecule has 0 amide bonds. The van der Waals surface area contributed by atoms with Crippen molar-refractivity contribution in [2.45, 2.75) is 18.4 Å². The van der Waals surface area contributed by atoms with Gasteiger partial charge in [-0.05, 0) is 25.1 Å². The molecule has 2 aromatic rings. The molecule has 0 aliphatic heterocycles. The SMILES string of the molecule is CCn1cc(S(=O)(=O)Nc2cc(Cl)cc(Cl)c2)c(N)n1. The highest BCUT2D eigenvalue weighted by Crippen LogP contribution is 2.26. The number of nitrogens with zero attached hydrogens (tertiary/aromatic N) is 2. The van der Waals surface area contributed by atoms with Crippen molar-refractivity contribution in [3.05, 3.63) is 34.4 Å². The summed E-state index contributed by atoms with van der Waals surface area (Å²) in [7, 11) is -3.84. The summed E-state index contributed by atoms with van der Waals surface area (Å²) in [6, 6.07) is 4.40. The van der Waals surface area contributed by atoms with E-state index in [1.165, 1.54) is 29.1 Å². The second-order valence-corrected chi connectivity index (χ2v) is 6.52. The molecule has 1 aromatic carbocycles. The van der Waals surface area contributed by atoms with Crippen molar-refractivity contribution >= 4 is 44.7 Å². The van der Waals surface area contributed by atoms with Crippen molar-refractivity contribution in [1.29, 1.82) is 0 Å². The van der Waals surface area contributed by atoms with Gasteiger partial charge < -0.3 is 5.73 Å². The zero-order valence-corrected chi connectivity index (χ0v) is 12.8. The van der Waals surface area contributed by atoms with Gasteiger partial charge in [-0.3, -0.25) is 9.40 Å². The largest absolute Gasteiger partial charge is 0.381 e. The van der Waals surface area contributed by atoms with Crippen LogP contribution < -0.4 is 10.5 Å². The molecule has 1 aromatic heterocycles. The van der Waals surface area contributed by atoms with Crippen LogP contribution in [0, 0.1) is 0 Å². The summed E-state index contributed by atoms with van der Waals surface area (Å²) in [5.74, 6) is -0.0625. The Balaban J connectivity index is 2.37. The number of anilines is 2. The Kier molecular flexibility index (Phi) is 4.12. The van der Waals surface area contributed by atoms with Crippen LogP contribution >= 0.6 is 23.2 Å². The average Bonchev–Trinajstić information content (AvgIpc) is 2.69. The first-order chi connectivity index (χ1) is 9.31. The molecule has 3 N–H and O–H groups in total. The topological polar surface area (TPSA) is 90.0 Å². The third-order valence-electron chi connectivity index (χ3n) is 2.48. The molecule has 0 unspecified atom stereocenters. The van der Waals surface area contributed by atoms with Gasteiger partial charge in [0.15, 0.2) is 5.82 Å². The molecule has 6 nitrogen and oxygen atoms in total. The third-order valence-corrected chi connectivity index (χ3v) is 4.32. The fraction of sp³-hybridized carbons (Fsp3) is 0.182. The van der Waals surface area contributed by atoms with Gasteiger partial charge in [0.2, 0.25) is 0 Å². The van der Waals surface area contributed by atoms with Crippen LogP contribution in [0.3, 0.4) is 0 Å². The van der Waals surface area contributed by atoms with Gasteiger partial charge in [-0.2, -0.15) is 5.10 Å². The molecule has 0 saturated carbocycles. The second-order valence-electron chi connectivity index (χ2n) is 4.00. The number of hydrogen-bond donors (Lipinski definition) is 2. The number of nitrogens with two attached hydrogens (primary N) is 1. The van der Waals surface area contributed by atoms with Gasteiger partial charge in [-0.15, -0.1) is 0 Å². The normalized spacial score (nSPS) is 11.6. The van der Waals surface area contributed by atoms with Crippen molar-refractivity contribution in [2.24, 2.45) is 0 Å². The van der Waals surface area contributed by atoms with E-state index in [-0.39, 0.29) is 16.4 Å². The maximum absolute atomic E-state index is 12.2. The predicted molar refractivity (Wildman–Crippen MR) is 79.6 cm³/mol. The molecule has 0 atom stereocenters. The van der Waals surface area contributed by atoms with Crippen LogP contribution in [-0.2, 0) is 16.6 Å². The minimum absolute atomic E-state index is 0.0625. The molecule has 108 valence electrons. The van der Waals surface area contributed by atoms with Crippen LogP contribution in [0.5, 0.6) is 0 Å². The molecular formula is C11H12Cl2N4O2S. The number of aromatic nitrogens is 2. The van der Waals surface area contributed by atoms with E-state index in [1.54, 1.807) is 0 Å². The smallest absolute Gasteiger partial charge is 0.267 e. The number of hydrogen-bond acceptors (Lipinski definition) is 4. The van der Waals surface area contributed by atoms with E-state index in [0.29, 0.717) is 16.6 Å². The van der Waals surface area contributed by atoms with E-state index in [2.05, 4.69) is 9.82 Å². The Bertz CT molecular complexity index is 723. The summed E-state index contributed by atoms with van der Waals surface area (Å²) in [6.45, 7) is 2.34. The quantitative estimate of drug-likeness (QED) is 0.899. The van der Waals surface area contributed by atoms with Crippen LogP contribution in [0.1, 0.15) is 6.92 Å². The van der Waals surface area contributed by atoms with Crippen molar-refractivity contribution < 1.29 is 8.42 Å². The summed E-state index contributed by atoms with van der Waals surface area (Å²) < 4.78 is 28.3. The number of rotatable bonds is 4. The van der Waals surface area contributed by atoms with Gasteiger partial charge in [-0.1, -0.05) is 23.2 Å². The predicted octanol–water partition coefficient (Wildman–Crippen LogP) is 2.59. The molecular weight excluding hydrogens is 323 g/mol. The maximum atomic E-state index is 12.2. The minimum Gasteiger partial charge on any atom is -0.381 e. The number of benzene rings is 1. The summed E-state index contributed by atoms with van der Waals surface area (Å²) >= 11 is 11.6.